The highest BCUT2D eigenvalue weighted by molar-refractivity contribution is 7.09. The van der Waals surface area contributed by atoms with Gasteiger partial charge in [0, 0.05) is 11.3 Å². The van der Waals surface area contributed by atoms with Crippen molar-refractivity contribution >= 4 is 23.2 Å². The van der Waals surface area contributed by atoms with Gasteiger partial charge in [0.1, 0.15) is 5.75 Å². The smallest absolute Gasteiger partial charge is 0.481 e. The molecule has 0 saturated heterocycles. The van der Waals surface area contributed by atoms with Crippen LogP contribution in [0, 0.1) is 0 Å². The molecule has 2 rings (SSSR count). The van der Waals surface area contributed by atoms with Crippen molar-refractivity contribution in [2.75, 3.05) is 0 Å². The number of aliphatic carboxylic acids is 1. The van der Waals surface area contributed by atoms with Crippen LogP contribution in [0.2, 0.25) is 0 Å². The first-order valence-corrected chi connectivity index (χ1v) is 8.50. The zero-order valence-electron chi connectivity index (χ0n) is 13.5. The normalized spacial score (nSPS) is 12.4. The zero-order valence-corrected chi connectivity index (χ0v) is 14.3. The second kappa shape index (κ2) is 8.70. The van der Waals surface area contributed by atoms with Crippen LogP contribution in [-0.2, 0) is 16.0 Å². The van der Waals surface area contributed by atoms with Crippen LogP contribution in [0.15, 0.2) is 41.8 Å². The van der Waals surface area contributed by atoms with Gasteiger partial charge in [-0.05, 0) is 35.6 Å². The molecule has 1 atom stereocenters. The van der Waals surface area contributed by atoms with Crippen LogP contribution >= 0.6 is 11.3 Å². The molecule has 0 fully saturated rings. The van der Waals surface area contributed by atoms with Gasteiger partial charge in [-0.2, -0.15) is 0 Å². The molecule has 26 heavy (non-hydrogen) atoms. The third-order valence-corrected chi connectivity index (χ3v) is 4.34. The summed E-state index contributed by atoms with van der Waals surface area (Å²) in [6.07, 6.45) is -4.48. The highest BCUT2D eigenvalue weighted by atomic mass is 32.1. The number of ether oxygens (including phenoxy) is 1. The number of nitrogens with one attached hydrogen (secondary N) is 1. The average molecular weight is 387 g/mol. The van der Waals surface area contributed by atoms with Gasteiger partial charge in [-0.3, -0.25) is 9.59 Å². The Kier molecular flexibility index (Phi) is 6.62. The van der Waals surface area contributed by atoms with Crippen LogP contribution in [0.1, 0.15) is 29.3 Å². The first kappa shape index (κ1) is 19.8. The van der Waals surface area contributed by atoms with E-state index in [0.29, 0.717) is 12.0 Å². The van der Waals surface area contributed by atoms with Crippen molar-refractivity contribution in [3.8, 4) is 5.75 Å². The number of benzene rings is 1. The summed E-state index contributed by atoms with van der Waals surface area (Å²) in [5.74, 6) is -1.89. The van der Waals surface area contributed by atoms with E-state index in [-0.39, 0.29) is 18.7 Å². The lowest BCUT2D eigenvalue weighted by Crippen LogP contribution is -2.30. The van der Waals surface area contributed by atoms with Gasteiger partial charge in [-0.25, -0.2) is 0 Å². The number of carboxylic acids is 1. The van der Waals surface area contributed by atoms with E-state index in [9.17, 15) is 22.8 Å². The van der Waals surface area contributed by atoms with Crippen LogP contribution in [-0.4, -0.2) is 23.3 Å². The van der Waals surface area contributed by atoms with Crippen LogP contribution < -0.4 is 10.1 Å². The van der Waals surface area contributed by atoms with E-state index in [4.69, 9.17) is 5.11 Å². The number of aryl methyl sites for hydroxylation is 1. The molecule has 0 bridgehead atoms. The number of carbonyl (C=O) groups excluding carboxylic acids is 1. The summed E-state index contributed by atoms with van der Waals surface area (Å²) in [4.78, 5) is 24.2. The van der Waals surface area contributed by atoms with Gasteiger partial charge in [0.2, 0.25) is 5.91 Å². The minimum absolute atomic E-state index is 0.186. The number of hydrogen-bond acceptors (Lipinski definition) is 4. The Hall–Kier alpha value is -2.55. The largest absolute Gasteiger partial charge is 0.573 e. The highest BCUT2D eigenvalue weighted by Crippen LogP contribution is 2.25. The topological polar surface area (TPSA) is 75.6 Å². The van der Waals surface area contributed by atoms with Gasteiger partial charge in [0.15, 0.2) is 0 Å². The van der Waals surface area contributed by atoms with E-state index < -0.39 is 24.1 Å². The minimum atomic E-state index is -4.81. The van der Waals surface area contributed by atoms with Gasteiger partial charge in [0.05, 0.1) is 12.5 Å². The van der Waals surface area contributed by atoms with Crippen molar-refractivity contribution in [2.45, 2.75) is 31.7 Å². The average Bonchev–Trinajstić information content (AvgIpc) is 3.04. The lowest BCUT2D eigenvalue weighted by molar-refractivity contribution is -0.274. The lowest BCUT2D eigenvalue weighted by atomic mass is 10.0. The number of halogens is 3. The van der Waals surface area contributed by atoms with Crippen LogP contribution in [0.5, 0.6) is 5.75 Å². The molecule has 2 N–H and O–H groups in total. The fraction of sp³-hybridized carbons (Fsp3) is 0.294. The number of amides is 1. The number of alkyl halides is 3. The number of carboxylic acid groups (broad SMARTS) is 1. The van der Waals surface area contributed by atoms with Gasteiger partial charge in [-0.15, -0.1) is 24.5 Å². The molecule has 2 aromatic rings. The standard InChI is InChI=1S/C17H16F3NO4S/c18-17(19,20)25-12-5-3-11(4-6-12)14(10-16(23)24)21-15(22)8-7-13-2-1-9-26-13/h1-6,9,14H,7-8,10H2,(H,21,22)(H,23,24). The van der Waals surface area contributed by atoms with Gasteiger partial charge >= 0.3 is 12.3 Å². The summed E-state index contributed by atoms with van der Waals surface area (Å²) < 4.78 is 40.3. The maximum absolute atomic E-state index is 12.2. The third-order valence-electron chi connectivity index (χ3n) is 3.41. The van der Waals surface area contributed by atoms with E-state index >= 15 is 0 Å². The molecule has 1 aromatic carbocycles. The Labute approximate surface area is 151 Å². The molecular formula is C17H16F3NO4S. The van der Waals surface area contributed by atoms with E-state index in [1.165, 1.54) is 23.5 Å². The van der Waals surface area contributed by atoms with Crippen molar-refractivity contribution < 1.29 is 32.6 Å². The molecule has 1 unspecified atom stereocenters. The molecule has 5 nitrogen and oxygen atoms in total. The Bertz CT molecular complexity index is 729. The molecule has 1 amide bonds. The maximum Gasteiger partial charge on any atom is 0.573 e. The van der Waals surface area contributed by atoms with E-state index in [1.807, 2.05) is 17.5 Å². The van der Waals surface area contributed by atoms with E-state index in [2.05, 4.69) is 10.1 Å². The quantitative estimate of drug-likeness (QED) is 0.720. The van der Waals surface area contributed by atoms with Crippen molar-refractivity contribution in [3.05, 3.63) is 52.2 Å². The number of thiophene rings is 1. The van der Waals surface area contributed by atoms with Crippen molar-refractivity contribution in [1.82, 2.24) is 5.32 Å². The van der Waals surface area contributed by atoms with Gasteiger partial charge in [-0.1, -0.05) is 18.2 Å². The zero-order chi connectivity index (χ0) is 19.2. The number of hydrogen-bond donors (Lipinski definition) is 2. The summed E-state index contributed by atoms with van der Waals surface area (Å²) in [6.45, 7) is 0. The van der Waals surface area contributed by atoms with Gasteiger partial charge in [0.25, 0.3) is 0 Å². The molecule has 0 aliphatic carbocycles. The van der Waals surface area contributed by atoms with Crippen molar-refractivity contribution in [1.29, 1.82) is 0 Å². The second-order valence-electron chi connectivity index (χ2n) is 5.41. The van der Waals surface area contributed by atoms with Crippen LogP contribution in [0.3, 0.4) is 0 Å². The summed E-state index contributed by atoms with van der Waals surface area (Å²) in [6, 6.07) is 7.68. The number of rotatable bonds is 8. The molecule has 1 heterocycles. The Morgan fingerprint density at radius 2 is 1.88 bits per heavy atom. The predicted molar refractivity (Wildman–Crippen MR) is 88.9 cm³/mol. The first-order chi connectivity index (χ1) is 12.2. The number of carbonyl (C=O) groups is 2. The summed E-state index contributed by atoms with van der Waals surface area (Å²) in [5.41, 5.74) is 0.381. The second-order valence-corrected chi connectivity index (χ2v) is 6.45. The molecule has 0 saturated carbocycles. The summed E-state index contributed by atoms with van der Waals surface area (Å²) in [7, 11) is 0. The SMILES string of the molecule is O=C(O)CC(NC(=O)CCc1cccs1)c1ccc(OC(F)(F)F)cc1. The molecule has 0 spiro atoms. The van der Waals surface area contributed by atoms with Crippen LogP contribution in [0.4, 0.5) is 13.2 Å². The Balaban J connectivity index is 2.01. The van der Waals surface area contributed by atoms with E-state index in [0.717, 1.165) is 17.0 Å². The monoisotopic (exact) mass is 387 g/mol. The lowest BCUT2D eigenvalue weighted by Gasteiger charge is -2.18. The van der Waals surface area contributed by atoms with Crippen LogP contribution in [0.25, 0.3) is 0 Å². The Morgan fingerprint density at radius 1 is 1.19 bits per heavy atom. The molecule has 140 valence electrons. The molecule has 0 aliphatic rings. The summed E-state index contributed by atoms with van der Waals surface area (Å²) in [5, 5.41) is 13.5. The maximum atomic E-state index is 12.2. The predicted octanol–water partition coefficient (Wildman–Crippen LogP) is 3.91. The van der Waals surface area contributed by atoms with Gasteiger partial charge < -0.3 is 15.2 Å². The fourth-order valence-electron chi connectivity index (χ4n) is 2.29. The molecular weight excluding hydrogens is 371 g/mol. The molecule has 9 heteroatoms. The minimum Gasteiger partial charge on any atom is -0.481 e. The van der Waals surface area contributed by atoms with Crippen molar-refractivity contribution in [2.24, 2.45) is 0 Å². The van der Waals surface area contributed by atoms with Crippen molar-refractivity contribution in [3.63, 3.8) is 0 Å². The molecule has 0 radical (unpaired) electrons. The summed E-state index contributed by atoms with van der Waals surface area (Å²) >= 11 is 1.52. The third kappa shape index (κ3) is 6.75. The fourth-order valence-corrected chi connectivity index (χ4v) is 3.00. The molecule has 1 aromatic heterocycles. The molecule has 0 aliphatic heterocycles. The Morgan fingerprint density at radius 3 is 2.42 bits per heavy atom. The first-order valence-electron chi connectivity index (χ1n) is 7.62. The van der Waals surface area contributed by atoms with E-state index in [1.54, 1.807) is 0 Å². The highest BCUT2D eigenvalue weighted by Gasteiger charge is 2.31.